The Morgan fingerprint density at radius 1 is 1.00 bits per heavy atom. The van der Waals surface area contributed by atoms with Crippen LogP contribution in [0.1, 0.15) is 29.8 Å². The van der Waals surface area contributed by atoms with Crippen molar-refractivity contribution in [2.45, 2.75) is 24.8 Å². The standard InChI is InChI=1S/C28H29N3O4S/c1-18(2)16-29-26(32)20-10-11-24-25(12-20)30-28(36-17-19-8-6-5-7-9-19)31(27(24)33)21-13-22(34-3)15-23(14-21)35-4/h5-15,18H,16-17H2,1-4H3,(H,29,32). The van der Waals surface area contributed by atoms with Crippen molar-refractivity contribution in [3.8, 4) is 17.2 Å². The molecule has 0 saturated carbocycles. The Balaban J connectivity index is 1.84. The van der Waals surface area contributed by atoms with E-state index in [1.54, 1.807) is 55.2 Å². The molecule has 0 aliphatic heterocycles. The number of hydrogen-bond donors (Lipinski definition) is 1. The molecule has 0 radical (unpaired) electrons. The van der Waals surface area contributed by atoms with Crippen molar-refractivity contribution in [3.63, 3.8) is 0 Å². The number of fused-ring (bicyclic) bond motifs is 1. The van der Waals surface area contributed by atoms with Crippen LogP contribution in [0.3, 0.4) is 0 Å². The molecule has 0 spiro atoms. The molecular weight excluding hydrogens is 474 g/mol. The Hall–Kier alpha value is -3.78. The highest BCUT2D eigenvalue weighted by Gasteiger charge is 2.17. The van der Waals surface area contributed by atoms with Gasteiger partial charge in [-0.2, -0.15) is 0 Å². The van der Waals surface area contributed by atoms with E-state index in [9.17, 15) is 9.59 Å². The second-order valence-corrected chi connectivity index (χ2v) is 9.66. The summed E-state index contributed by atoms with van der Waals surface area (Å²) in [6, 6.07) is 20.3. The van der Waals surface area contributed by atoms with E-state index in [2.05, 4.69) is 5.32 Å². The minimum atomic E-state index is -0.236. The number of ether oxygens (including phenoxy) is 2. The fourth-order valence-electron chi connectivity index (χ4n) is 3.67. The lowest BCUT2D eigenvalue weighted by atomic mass is 10.1. The maximum Gasteiger partial charge on any atom is 0.266 e. The molecule has 0 unspecified atom stereocenters. The summed E-state index contributed by atoms with van der Waals surface area (Å²) in [7, 11) is 3.13. The smallest absolute Gasteiger partial charge is 0.266 e. The SMILES string of the molecule is COc1cc(OC)cc(-n2c(SCc3ccccc3)nc3cc(C(=O)NCC(C)C)ccc3c2=O)c1. The summed E-state index contributed by atoms with van der Waals surface area (Å²) in [4.78, 5) is 31.3. The number of carbonyl (C=O) groups excluding carboxylic acids is 1. The third-order valence-electron chi connectivity index (χ3n) is 5.58. The lowest BCUT2D eigenvalue weighted by Crippen LogP contribution is -2.27. The highest BCUT2D eigenvalue weighted by atomic mass is 32.2. The van der Waals surface area contributed by atoms with Gasteiger partial charge < -0.3 is 14.8 Å². The lowest BCUT2D eigenvalue weighted by molar-refractivity contribution is 0.0949. The van der Waals surface area contributed by atoms with Gasteiger partial charge in [-0.15, -0.1) is 0 Å². The fourth-order valence-corrected chi connectivity index (χ4v) is 4.64. The van der Waals surface area contributed by atoms with E-state index in [4.69, 9.17) is 14.5 Å². The summed E-state index contributed by atoms with van der Waals surface area (Å²) >= 11 is 1.45. The van der Waals surface area contributed by atoms with Crippen molar-refractivity contribution >= 4 is 28.6 Å². The average molecular weight is 504 g/mol. The first-order valence-electron chi connectivity index (χ1n) is 11.6. The first-order chi connectivity index (χ1) is 17.4. The number of carbonyl (C=O) groups is 1. The van der Waals surface area contributed by atoms with Crippen molar-refractivity contribution in [1.29, 1.82) is 0 Å². The number of aromatic nitrogens is 2. The number of benzene rings is 3. The zero-order valence-electron chi connectivity index (χ0n) is 20.8. The van der Waals surface area contributed by atoms with E-state index < -0.39 is 0 Å². The normalized spacial score (nSPS) is 11.0. The van der Waals surface area contributed by atoms with Gasteiger partial charge in [0, 0.05) is 36.1 Å². The van der Waals surface area contributed by atoms with Gasteiger partial charge in [-0.05, 0) is 29.7 Å². The van der Waals surface area contributed by atoms with Gasteiger partial charge in [-0.1, -0.05) is 55.9 Å². The van der Waals surface area contributed by atoms with Gasteiger partial charge in [0.25, 0.3) is 11.5 Å². The summed E-state index contributed by atoms with van der Waals surface area (Å²) in [6.45, 7) is 4.64. The van der Waals surface area contributed by atoms with E-state index in [0.29, 0.717) is 57.0 Å². The number of thioether (sulfide) groups is 1. The van der Waals surface area contributed by atoms with Crippen LogP contribution in [0.25, 0.3) is 16.6 Å². The summed E-state index contributed by atoms with van der Waals surface area (Å²) < 4.78 is 12.4. The monoisotopic (exact) mass is 503 g/mol. The summed E-state index contributed by atoms with van der Waals surface area (Å²) in [5.41, 5.74) is 2.39. The average Bonchev–Trinajstić information content (AvgIpc) is 2.90. The Kier molecular flexibility index (Phi) is 7.95. The molecule has 0 aliphatic carbocycles. The Morgan fingerprint density at radius 2 is 1.69 bits per heavy atom. The van der Waals surface area contributed by atoms with Crippen LogP contribution >= 0.6 is 11.8 Å². The molecule has 0 fully saturated rings. The summed E-state index contributed by atoms with van der Waals surface area (Å²) in [5.74, 6) is 1.89. The minimum absolute atomic E-state index is 0.187. The highest BCUT2D eigenvalue weighted by Crippen LogP contribution is 2.29. The van der Waals surface area contributed by atoms with Gasteiger partial charge in [0.05, 0.1) is 30.8 Å². The van der Waals surface area contributed by atoms with Crippen molar-refractivity contribution in [3.05, 3.63) is 88.2 Å². The number of rotatable bonds is 9. The number of methoxy groups -OCH3 is 2. The first kappa shape index (κ1) is 25.3. The van der Waals surface area contributed by atoms with Crippen LogP contribution in [0.5, 0.6) is 11.5 Å². The quantitative estimate of drug-likeness (QED) is 0.253. The van der Waals surface area contributed by atoms with Crippen molar-refractivity contribution in [2.24, 2.45) is 5.92 Å². The second kappa shape index (κ2) is 11.3. The first-order valence-corrected chi connectivity index (χ1v) is 12.6. The van der Waals surface area contributed by atoms with Crippen LogP contribution in [0.4, 0.5) is 0 Å². The van der Waals surface area contributed by atoms with E-state index >= 15 is 0 Å². The molecule has 3 aromatic carbocycles. The predicted molar refractivity (Wildman–Crippen MR) is 144 cm³/mol. The minimum Gasteiger partial charge on any atom is -0.497 e. The topological polar surface area (TPSA) is 82.4 Å². The molecule has 0 bridgehead atoms. The van der Waals surface area contributed by atoms with Crippen LogP contribution in [0.15, 0.2) is 76.7 Å². The molecule has 36 heavy (non-hydrogen) atoms. The highest BCUT2D eigenvalue weighted by molar-refractivity contribution is 7.98. The van der Waals surface area contributed by atoms with E-state index in [1.165, 1.54) is 11.8 Å². The Morgan fingerprint density at radius 3 is 2.33 bits per heavy atom. The van der Waals surface area contributed by atoms with E-state index in [-0.39, 0.29) is 11.5 Å². The van der Waals surface area contributed by atoms with Crippen molar-refractivity contribution < 1.29 is 14.3 Å². The zero-order valence-corrected chi connectivity index (χ0v) is 21.6. The molecule has 1 amide bonds. The molecule has 8 heteroatoms. The van der Waals surface area contributed by atoms with Crippen LogP contribution in [-0.2, 0) is 5.75 Å². The molecule has 4 aromatic rings. The molecule has 0 saturated heterocycles. The van der Waals surface area contributed by atoms with Crippen molar-refractivity contribution in [2.75, 3.05) is 20.8 Å². The van der Waals surface area contributed by atoms with Gasteiger partial charge in [0.2, 0.25) is 0 Å². The van der Waals surface area contributed by atoms with Crippen molar-refractivity contribution in [1.82, 2.24) is 14.9 Å². The second-order valence-electron chi connectivity index (χ2n) is 8.72. The molecule has 1 heterocycles. The third-order valence-corrected chi connectivity index (χ3v) is 6.59. The number of nitrogens with zero attached hydrogens (tertiary/aromatic N) is 2. The van der Waals surface area contributed by atoms with Crippen LogP contribution < -0.4 is 20.3 Å². The maximum absolute atomic E-state index is 13.8. The Labute approximate surface area is 214 Å². The summed E-state index contributed by atoms with van der Waals surface area (Å²) in [6.07, 6.45) is 0. The predicted octanol–water partition coefficient (Wildman–Crippen LogP) is 5.08. The molecule has 0 aliphatic rings. The molecule has 1 N–H and O–H groups in total. The lowest BCUT2D eigenvalue weighted by Gasteiger charge is -2.16. The zero-order chi connectivity index (χ0) is 25.7. The van der Waals surface area contributed by atoms with E-state index in [1.807, 2.05) is 44.2 Å². The largest absolute Gasteiger partial charge is 0.497 e. The van der Waals surface area contributed by atoms with Gasteiger partial charge in [0.15, 0.2) is 5.16 Å². The summed E-state index contributed by atoms with van der Waals surface area (Å²) in [5, 5.41) is 3.84. The van der Waals surface area contributed by atoms with Crippen LogP contribution in [0.2, 0.25) is 0 Å². The molecule has 186 valence electrons. The van der Waals surface area contributed by atoms with Gasteiger partial charge in [0.1, 0.15) is 11.5 Å². The molecule has 1 aromatic heterocycles. The molecule has 7 nitrogen and oxygen atoms in total. The van der Waals surface area contributed by atoms with Gasteiger partial charge >= 0.3 is 0 Å². The molecular formula is C28H29N3O4S. The maximum atomic E-state index is 13.8. The number of amides is 1. The number of nitrogens with one attached hydrogen (secondary N) is 1. The number of hydrogen-bond acceptors (Lipinski definition) is 6. The van der Waals surface area contributed by atoms with Gasteiger partial charge in [-0.3, -0.25) is 14.2 Å². The Bertz CT molecular complexity index is 1410. The van der Waals surface area contributed by atoms with Gasteiger partial charge in [-0.25, -0.2) is 4.98 Å². The molecule has 4 rings (SSSR count). The molecule has 0 atom stereocenters. The van der Waals surface area contributed by atoms with Crippen LogP contribution in [0, 0.1) is 5.92 Å². The third kappa shape index (κ3) is 5.71. The fraction of sp³-hybridized carbons (Fsp3) is 0.250. The van der Waals surface area contributed by atoms with Crippen LogP contribution in [-0.4, -0.2) is 36.2 Å². The van der Waals surface area contributed by atoms with E-state index in [0.717, 1.165) is 5.56 Å².